The van der Waals surface area contributed by atoms with Crippen molar-refractivity contribution in [2.24, 2.45) is 5.92 Å². The Labute approximate surface area is 138 Å². The van der Waals surface area contributed by atoms with Crippen LogP contribution in [0.3, 0.4) is 0 Å². The van der Waals surface area contributed by atoms with E-state index in [0.717, 1.165) is 4.90 Å². The van der Waals surface area contributed by atoms with Crippen LogP contribution in [0.15, 0.2) is 12.1 Å². The van der Waals surface area contributed by atoms with Crippen LogP contribution in [0, 0.1) is 5.92 Å². The number of aromatic carboxylic acids is 1. The van der Waals surface area contributed by atoms with Gasteiger partial charge < -0.3 is 19.5 Å². The van der Waals surface area contributed by atoms with Crippen LogP contribution >= 0.6 is 0 Å². The highest BCUT2D eigenvalue weighted by Gasteiger charge is 2.36. The normalized spacial score (nSPS) is 17.9. The smallest absolute Gasteiger partial charge is 0.341 e. The molecule has 0 saturated carbocycles. The molecule has 1 aliphatic rings. The van der Waals surface area contributed by atoms with E-state index in [1.54, 1.807) is 0 Å². The van der Waals surface area contributed by atoms with E-state index in [0.29, 0.717) is 0 Å². The highest BCUT2D eigenvalue weighted by molar-refractivity contribution is 7.86. The second kappa shape index (κ2) is 6.63. The van der Waals surface area contributed by atoms with Gasteiger partial charge in [0.25, 0.3) is 0 Å². The number of hydrogen-bond acceptors (Lipinski definition) is 6. The number of carboxylic acid groups (broad SMARTS) is 1. The van der Waals surface area contributed by atoms with Crippen molar-refractivity contribution in [1.82, 2.24) is 0 Å². The molecule has 0 bridgehead atoms. The Bertz CT molecular complexity index is 778. The maximum Gasteiger partial charge on any atom is 0.341 e. The fourth-order valence-electron chi connectivity index (χ4n) is 2.69. The van der Waals surface area contributed by atoms with Crippen molar-refractivity contribution in [1.29, 1.82) is 0 Å². The predicted molar refractivity (Wildman–Crippen MR) is 81.9 cm³/mol. The Kier molecular flexibility index (Phi) is 4.97. The lowest BCUT2D eigenvalue weighted by molar-refractivity contribution is -0.117. The van der Waals surface area contributed by atoms with E-state index in [1.165, 1.54) is 26.4 Å². The molecule has 1 N–H and O–H groups in total. The standard InChI is InChI=1S/C14H16FNO7S/c1-22-9-4-10(13(14(18)19)11(5-9)23-2)16-6-8(3-12(16)17)7-24(15,20)21/h4-5,8H,3,6-7H2,1-2H3,(H,18,19). The fraction of sp³-hybridized carbons (Fsp3) is 0.429. The summed E-state index contributed by atoms with van der Waals surface area (Å²) in [5.74, 6) is -3.11. The van der Waals surface area contributed by atoms with Gasteiger partial charge in [-0.05, 0) is 0 Å². The molecule has 10 heteroatoms. The Hall–Kier alpha value is -2.36. The van der Waals surface area contributed by atoms with Crippen molar-refractivity contribution in [2.45, 2.75) is 6.42 Å². The molecule has 0 aromatic heterocycles. The summed E-state index contributed by atoms with van der Waals surface area (Å²) in [4.78, 5) is 24.9. The Morgan fingerprint density at radius 3 is 2.54 bits per heavy atom. The molecule has 1 saturated heterocycles. The van der Waals surface area contributed by atoms with Gasteiger partial charge in [-0.1, -0.05) is 0 Å². The van der Waals surface area contributed by atoms with E-state index >= 15 is 0 Å². The lowest BCUT2D eigenvalue weighted by Crippen LogP contribution is -2.27. The molecule has 0 radical (unpaired) electrons. The number of carbonyl (C=O) groups excluding carboxylic acids is 1. The van der Waals surface area contributed by atoms with Crippen molar-refractivity contribution in [3.8, 4) is 11.5 Å². The third-order valence-corrected chi connectivity index (χ3v) is 4.52. The molecular formula is C14H16FNO7S. The van der Waals surface area contributed by atoms with E-state index < -0.39 is 33.8 Å². The molecule has 1 heterocycles. The highest BCUT2D eigenvalue weighted by atomic mass is 32.3. The number of rotatable bonds is 6. The number of hydrogen-bond donors (Lipinski definition) is 1. The molecule has 1 aliphatic heterocycles. The molecule has 24 heavy (non-hydrogen) atoms. The Morgan fingerprint density at radius 1 is 1.38 bits per heavy atom. The summed E-state index contributed by atoms with van der Waals surface area (Å²) in [5.41, 5.74) is -0.238. The number of ether oxygens (including phenoxy) is 2. The molecule has 1 unspecified atom stereocenters. The average molecular weight is 361 g/mol. The SMILES string of the molecule is COc1cc(OC)c(C(=O)O)c(N2CC(CS(=O)(=O)F)CC2=O)c1. The lowest BCUT2D eigenvalue weighted by Gasteiger charge is -2.21. The first-order chi connectivity index (χ1) is 11.2. The van der Waals surface area contributed by atoms with Gasteiger partial charge in [0.1, 0.15) is 17.1 Å². The number of benzene rings is 1. The van der Waals surface area contributed by atoms with Crippen molar-refractivity contribution in [3.05, 3.63) is 17.7 Å². The minimum atomic E-state index is -4.73. The van der Waals surface area contributed by atoms with Crippen molar-refractivity contribution in [3.63, 3.8) is 0 Å². The molecule has 0 aliphatic carbocycles. The van der Waals surface area contributed by atoms with E-state index in [1.807, 2.05) is 0 Å². The van der Waals surface area contributed by atoms with E-state index in [-0.39, 0.29) is 35.7 Å². The molecular weight excluding hydrogens is 345 g/mol. The van der Waals surface area contributed by atoms with Crippen LogP contribution in [0.1, 0.15) is 16.8 Å². The van der Waals surface area contributed by atoms with Gasteiger partial charge in [-0.15, -0.1) is 3.89 Å². The van der Waals surface area contributed by atoms with Crippen molar-refractivity contribution < 1.29 is 36.5 Å². The van der Waals surface area contributed by atoms with Crippen molar-refractivity contribution in [2.75, 3.05) is 31.4 Å². The molecule has 8 nitrogen and oxygen atoms in total. The number of carboxylic acids is 1. The van der Waals surface area contributed by atoms with E-state index in [4.69, 9.17) is 9.47 Å². The molecule has 1 amide bonds. The minimum Gasteiger partial charge on any atom is -0.497 e. The Morgan fingerprint density at radius 2 is 2.04 bits per heavy atom. The summed E-state index contributed by atoms with van der Waals surface area (Å²) in [6, 6.07) is 2.70. The summed E-state index contributed by atoms with van der Waals surface area (Å²) < 4.78 is 44.5. The van der Waals surface area contributed by atoms with Crippen molar-refractivity contribution >= 4 is 27.8 Å². The summed E-state index contributed by atoms with van der Waals surface area (Å²) in [6.45, 7) is -0.113. The molecule has 2 rings (SSSR count). The first-order valence-corrected chi connectivity index (χ1v) is 8.43. The topological polar surface area (TPSA) is 110 Å². The van der Waals surface area contributed by atoms with Crippen LogP contribution in [0.5, 0.6) is 11.5 Å². The van der Waals surface area contributed by atoms with Crippen LogP contribution in [-0.2, 0) is 15.0 Å². The number of carbonyl (C=O) groups is 2. The molecule has 1 fully saturated rings. The van der Waals surface area contributed by atoms with Gasteiger partial charge >= 0.3 is 16.2 Å². The van der Waals surface area contributed by atoms with Crippen LogP contribution in [-0.4, -0.2) is 51.9 Å². The summed E-state index contributed by atoms with van der Waals surface area (Å²) in [5, 5.41) is 9.43. The van der Waals surface area contributed by atoms with Gasteiger partial charge in [0.15, 0.2) is 0 Å². The van der Waals surface area contributed by atoms with E-state index in [2.05, 4.69) is 0 Å². The van der Waals surface area contributed by atoms with Gasteiger partial charge in [0.2, 0.25) is 5.91 Å². The first kappa shape index (κ1) is 18.0. The maximum absolute atomic E-state index is 12.9. The number of halogens is 1. The third-order valence-electron chi connectivity index (χ3n) is 3.66. The summed E-state index contributed by atoms with van der Waals surface area (Å²) >= 11 is 0. The first-order valence-electron chi connectivity index (χ1n) is 6.88. The largest absolute Gasteiger partial charge is 0.497 e. The van der Waals surface area contributed by atoms with Gasteiger partial charge in [0, 0.05) is 31.0 Å². The zero-order valence-electron chi connectivity index (χ0n) is 13.0. The predicted octanol–water partition coefficient (Wildman–Crippen LogP) is 1.05. The summed E-state index contributed by atoms with van der Waals surface area (Å²) in [6.07, 6.45) is -0.193. The van der Waals surface area contributed by atoms with Gasteiger partial charge in [-0.25, -0.2) is 4.79 Å². The molecule has 132 valence electrons. The quantitative estimate of drug-likeness (QED) is 0.754. The van der Waals surface area contributed by atoms with Crippen LogP contribution in [0.2, 0.25) is 0 Å². The zero-order chi connectivity index (χ0) is 18.1. The Balaban J connectivity index is 2.47. The number of anilines is 1. The molecule has 1 aromatic carbocycles. The average Bonchev–Trinajstić information content (AvgIpc) is 2.83. The van der Waals surface area contributed by atoms with Gasteiger partial charge in [0.05, 0.1) is 25.7 Å². The van der Waals surface area contributed by atoms with Crippen LogP contribution in [0.4, 0.5) is 9.57 Å². The second-order valence-electron chi connectivity index (χ2n) is 5.31. The highest BCUT2D eigenvalue weighted by Crippen LogP contribution is 2.37. The van der Waals surface area contributed by atoms with Crippen LogP contribution < -0.4 is 14.4 Å². The lowest BCUT2D eigenvalue weighted by atomic mass is 10.1. The molecule has 1 atom stereocenters. The van der Waals surface area contributed by atoms with Crippen LogP contribution in [0.25, 0.3) is 0 Å². The van der Waals surface area contributed by atoms with Gasteiger partial charge in [-0.3, -0.25) is 4.79 Å². The monoisotopic (exact) mass is 361 g/mol. The number of amides is 1. The van der Waals surface area contributed by atoms with Gasteiger partial charge in [-0.2, -0.15) is 8.42 Å². The zero-order valence-corrected chi connectivity index (χ0v) is 13.8. The molecule has 1 aromatic rings. The molecule has 0 spiro atoms. The number of nitrogens with zero attached hydrogens (tertiary/aromatic N) is 1. The summed E-state index contributed by atoms with van der Waals surface area (Å²) in [7, 11) is -2.10. The minimum absolute atomic E-state index is 0.00814. The second-order valence-corrected chi connectivity index (χ2v) is 6.72. The maximum atomic E-state index is 12.9. The number of methoxy groups -OCH3 is 2. The fourth-order valence-corrected chi connectivity index (χ4v) is 3.48. The van der Waals surface area contributed by atoms with E-state index in [9.17, 15) is 27.0 Å². The third kappa shape index (κ3) is 3.75.